The van der Waals surface area contributed by atoms with Crippen molar-refractivity contribution in [3.8, 4) is 73.0 Å². The van der Waals surface area contributed by atoms with Crippen molar-refractivity contribution in [2.75, 3.05) is 0 Å². The van der Waals surface area contributed by atoms with E-state index in [0.29, 0.717) is 5.82 Å². The molecule has 0 aliphatic carbocycles. The van der Waals surface area contributed by atoms with Gasteiger partial charge in [-0.2, -0.15) is 0 Å². The molecular formula is C56H37N3. The highest BCUT2D eigenvalue weighted by Gasteiger charge is 2.17. The Morgan fingerprint density at radius 2 is 0.780 bits per heavy atom. The molecule has 0 atom stereocenters. The van der Waals surface area contributed by atoms with Crippen LogP contribution in [0.3, 0.4) is 0 Å². The maximum Gasteiger partial charge on any atom is 0.160 e. The molecule has 2 heterocycles. The fraction of sp³-hybridized carbons (Fsp3) is 0. The molecule has 0 aliphatic heterocycles. The van der Waals surface area contributed by atoms with Crippen molar-refractivity contribution in [3.05, 3.63) is 224 Å². The molecule has 11 rings (SSSR count). The molecule has 2 aromatic heterocycles. The molecule has 3 nitrogen and oxygen atoms in total. The van der Waals surface area contributed by atoms with E-state index in [9.17, 15) is 0 Å². The third kappa shape index (κ3) is 6.26. The molecule has 59 heavy (non-hydrogen) atoms. The highest BCUT2D eigenvalue weighted by Crippen LogP contribution is 2.39. The summed E-state index contributed by atoms with van der Waals surface area (Å²) in [5, 5.41) is 4.83. The van der Waals surface area contributed by atoms with Gasteiger partial charge in [-0.1, -0.05) is 182 Å². The van der Waals surface area contributed by atoms with Gasteiger partial charge < -0.3 is 4.57 Å². The normalized spacial score (nSPS) is 11.4. The maximum absolute atomic E-state index is 5.22. The molecule has 0 spiro atoms. The molecule has 0 N–H and O–H groups in total. The first-order chi connectivity index (χ1) is 29.2. The lowest BCUT2D eigenvalue weighted by Gasteiger charge is -2.14. The van der Waals surface area contributed by atoms with E-state index in [4.69, 9.17) is 9.97 Å². The summed E-state index contributed by atoms with van der Waals surface area (Å²) in [6, 6.07) is 79.9. The van der Waals surface area contributed by atoms with E-state index in [1.165, 1.54) is 60.7 Å². The van der Waals surface area contributed by atoms with E-state index in [0.717, 1.165) is 39.0 Å². The van der Waals surface area contributed by atoms with Gasteiger partial charge in [-0.05, 0) is 86.6 Å². The number of aromatic nitrogens is 3. The molecule has 0 unspecified atom stereocenters. The Hall–Kier alpha value is -7.88. The van der Waals surface area contributed by atoms with Crippen molar-refractivity contribution in [1.29, 1.82) is 0 Å². The predicted octanol–water partition coefficient (Wildman–Crippen LogP) is 14.7. The molecule has 0 fully saturated rings. The summed E-state index contributed by atoms with van der Waals surface area (Å²) in [6.45, 7) is 0. The van der Waals surface area contributed by atoms with Crippen molar-refractivity contribution in [2.24, 2.45) is 0 Å². The number of rotatable bonds is 7. The van der Waals surface area contributed by atoms with E-state index in [1.54, 1.807) is 0 Å². The van der Waals surface area contributed by atoms with Crippen LogP contribution in [0.4, 0.5) is 0 Å². The van der Waals surface area contributed by atoms with Crippen LogP contribution in [-0.2, 0) is 0 Å². The molecule has 276 valence electrons. The maximum atomic E-state index is 5.22. The Balaban J connectivity index is 0.985. The first kappa shape index (κ1) is 34.4. The second-order valence-corrected chi connectivity index (χ2v) is 15.0. The second kappa shape index (κ2) is 14.6. The SMILES string of the molecule is c1ccc(-c2cccc(-c3cc(-c4ccc(-c5ccc(-c6ccc7c(c6)c6ccccc6n7-c6ccccc6)cc5)c5ccccc45)nc(-c4ccccc4)n3)c2)cc1. The van der Waals surface area contributed by atoms with Gasteiger partial charge in [0.25, 0.3) is 0 Å². The zero-order valence-corrected chi connectivity index (χ0v) is 32.2. The van der Waals surface area contributed by atoms with Gasteiger partial charge in [0, 0.05) is 33.2 Å². The first-order valence-electron chi connectivity index (χ1n) is 20.1. The lowest BCUT2D eigenvalue weighted by atomic mass is 9.92. The van der Waals surface area contributed by atoms with Gasteiger partial charge in [0.2, 0.25) is 0 Å². The van der Waals surface area contributed by atoms with Crippen LogP contribution in [0.25, 0.3) is 106 Å². The summed E-state index contributed by atoms with van der Waals surface area (Å²) < 4.78 is 2.36. The van der Waals surface area contributed by atoms with Crippen molar-refractivity contribution in [3.63, 3.8) is 0 Å². The molecule has 11 aromatic rings. The predicted molar refractivity (Wildman–Crippen MR) is 246 cm³/mol. The van der Waals surface area contributed by atoms with Crippen LogP contribution in [0.2, 0.25) is 0 Å². The minimum absolute atomic E-state index is 0.703. The minimum atomic E-state index is 0.703. The second-order valence-electron chi connectivity index (χ2n) is 15.0. The van der Waals surface area contributed by atoms with Crippen LogP contribution in [0.5, 0.6) is 0 Å². The first-order valence-corrected chi connectivity index (χ1v) is 20.1. The molecule has 0 aliphatic rings. The zero-order valence-electron chi connectivity index (χ0n) is 32.2. The van der Waals surface area contributed by atoms with Crippen molar-refractivity contribution < 1.29 is 0 Å². The highest BCUT2D eigenvalue weighted by molar-refractivity contribution is 6.10. The molecular weight excluding hydrogens is 715 g/mol. The molecule has 0 saturated heterocycles. The number of nitrogens with zero attached hydrogens (tertiary/aromatic N) is 3. The van der Waals surface area contributed by atoms with Crippen LogP contribution < -0.4 is 0 Å². The number of hydrogen-bond acceptors (Lipinski definition) is 2. The lowest BCUT2D eigenvalue weighted by Crippen LogP contribution is -1.97. The summed E-state index contributed by atoms with van der Waals surface area (Å²) in [5.41, 5.74) is 15.5. The van der Waals surface area contributed by atoms with Gasteiger partial charge in [-0.25, -0.2) is 9.97 Å². The van der Waals surface area contributed by atoms with Crippen LogP contribution >= 0.6 is 0 Å². The van der Waals surface area contributed by atoms with Gasteiger partial charge in [-0.3, -0.25) is 0 Å². The molecule has 9 aromatic carbocycles. The monoisotopic (exact) mass is 751 g/mol. The highest BCUT2D eigenvalue weighted by atomic mass is 15.0. The van der Waals surface area contributed by atoms with Crippen LogP contribution in [0, 0.1) is 0 Å². The summed E-state index contributed by atoms with van der Waals surface area (Å²) in [5.74, 6) is 0.703. The van der Waals surface area contributed by atoms with Gasteiger partial charge >= 0.3 is 0 Å². The fourth-order valence-corrected chi connectivity index (χ4v) is 8.56. The van der Waals surface area contributed by atoms with E-state index in [2.05, 4.69) is 211 Å². The van der Waals surface area contributed by atoms with Crippen LogP contribution in [-0.4, -0.2) is 14.5 Å². The average Bonchev–Trinajstić information content (AvgIpc) is 3.66. The summed E-state index contributed by atoms with van der Waals surface area (Å²) >= 11 is 0. The standard InChI is InChI=1S/C56H37N3/c1-4-15-38(16-5-1)42-19-14-20-44(35-42)52-37-53(58-56(57-52)41-17-6-2-7-18-41)49-33-32-46(47-23-10-11-24-48(47)49)40-29-27-39(28-30-40)43-31-34-55-51(36-43)50-25-12-13-26-54(50)59(55)45-21-8-3-9-22-45/h1-37H. The van der Waals surface area contributed by atoms with Crippen molar-refractivity contribution in [2.45, 2.75) is 0 Å². The van der Waals surface area contributed by atoms with Gasteiger partial charge in [0.1, 0.15) is 0 Å². The number of hydrogen-bond donors (Lipinski definition) is 0. The number of para-hydroxylation sites is 2. The largest absolute Gasteiger partial charge is 0.309 e. The van der Waals surface area contributed by atoms with E-state index >= 15 is 0 Å². The van der Waals surface area contributed by atoms with Crippen LogP contribution in [0.15, 0.2) is 224 Å². The topological polar surface area (TPSA) is 30.7 Å². The Bertz CT molecular complexity index is 3290. The smallest absolute Gasteiger partial charge is 0.160 e. The Morgan fingerprint density at radius 3 is 1.54 bits per heavy atom. The quantitative estimate of drug-likeness (QED) is 0.162. The Kier molecular flexibility index (Phi) is 8.49. The summed E-state index contributed by atoms with van der Waals surface area (Å²) in [4.78, 5) is 10.4. The molecule has 0 bridgehead atoms. The molecule has 0 radical (unpaired) electrons. The minimum Gasteiger partial charge on any atom is -0.309 e. The van der Waals surface area contributed by atoms with E-state index in [1.807, 2.05) is 18.2 Å². The third-order valence-electron chi connectivity index (χ3n) is 11.4. The molecule has 0 amide bonds. The third-order valence-corrected chi connectivity index (χ3v) is 11.4. The van der Waals surface area contributed by atoms with Gasteiger partial charge in [0.05, 0.1) is 22.4 Å². The molecule has 0 saturated carbocycles. The Morgan fingerprint density at radius 1 is 0.271 bits per heavy atom. The van der Waals surface area contributed by atoms with Gasteiger partial charge in [-0.15, -0.1) is 0 Å². The number of benzene rings is 9. The van der Waals surface area contributed by atoms with Crippen LogP contribution in [0.1, 0.15) is 0 Å². The summed E-state index contributed by atoms with van der Waals surface area (Å²) in [6.07, 6.45) is 0. The van der Waals surface area contributed by atoms with Crippen molar-refractivity contribution >= 4 is 32.6 Å². The summed E-state index contributed by atoms with van der Waals surface area (Å²) in [7, 11) is 0. The Labute approximate surface area is 343 Å². The van der Waals surface area contributed by atoms with E-state index < -0.39 is 0 Å². The fourth-order valence-electron chi connectivity index (χ4n) is 8.56. The lowest BCUT2D eigenvalue weighted by molar-refractivity contribution is 1.18. The van der Waals surface area contributed by atoms with E-state index in [-0.39, 0.29) is 0 Å². The van der Waals surface area contributed by atoms with Crippen molar-refractivity contribution in [1.82, 2.24) is 14.5 Å². The number of fused-ring (bicyclic) bond motifs is 4. The zero-order chi connectivity index (χ0) is 39.1. The molecule has 3 heteroatoms. The average molecular weight is 752 g/mol. The van der Waals surface area contributed by atoms with Gasteiger partial charge in [0.15, 0.2) is 5.82 Å².